The number of nitrogens with zero attached hydrogens (tertiary/aromatic N) is 3. The summed E-state index contributed by atoms with van der Waals surface area (Å²) in [6.45, 7) is 1.30. The zero-order valence-corrected chi connectivity index (χ0v) is 19.2. The van der Waals surface area contributed by atoms with Crippen LogP contribution < -0.4 is 10.6 Å². The lowest BCUT2D eigenvalue weighted by atomic mass is 9.97. The van der Waals surface area contributed by atoms with Crippen LogP contribution in [0.25, 0.3) is 0 Å². The first-order valence-electron chi connectivity index (χ1n) is 10.5. The van der Waals surface area contributed by atoms with Gasteiger partial charge in [0.15, 0.2) is 0 Å². The fourth-order valence-electron chi connectivity index (χ4n) is 3.56. The van der Waals surface area contributed by atoms with Crippen molar-refractivity contribution in [1.29, 1.82) is 0 Å². The fraction of sp³-hybridized carbons (Fsp3) is 0.261. The molecule has 33 heavy (non-hydrogen) atoms. The molecule has 2 N–H and O–H groups in total. The molecule has 3 aromatic rings. The van der Waals surface area contributed by atoms with Crippen LogP contribution in [0.5, 0.6) is 0 Å². The number of rotatable bonds is 6. The van der Waals surface area contributed by atoms with E-state index in [0.717, 1.165) is 29.7 Å². The second kappa shape index (κ2) is 10.5. The molecule has 0 aliphatic carbocycles. The van der Waals surface area contributed by atoms with Gasteiger partial charge in [-0.25, -0.2) is 0 Å². The summed E-state index contributed by atoms with van der Waals surface area (Å²) in [5.74, 6) is -1.13. The molecule has 1 saturated heterocycles. The Morgan fingerprint density at radius 1 is 1.03 bits per heavy atom. The zero-order chi connectivity index (χ0) is 23.2. The highest BCUT2D eigenvalue weighted by Gasteiger charge is 2.30. The minimum Gasteiger partial charge on any atom is -0.352 e. The first kappa shape index (κ1) is 22.9. The summed E-state index contributed by atoms with van der Waals surface area (Å²) in [5, 5.41) is 14.2. The van der Waals surface area contributed by atoms with E-state index in [9.17, 15) is 14.4 Å². The maximum absolute atomic E-state index is 12.9. The van der Waals surface area contributed by atoms with Gasteiger partial charge in [0.2, 0.25) is 15.9 Å². The van der Waals surface area contributed by atoms with Crippen LogP contribution in [-0.2, 0) is 11.3 Å². The number of benzene rings is 2. The van der Waals surface area contributed by atoms with Gasteiger partial charge in [-0.1, -0.05) is 53.3 Å². The predicted molar refractivity (Wildman–Crippen MR) is 126 cm³/mol. The van der Waals surface area contributed by atoms with Crippen LogP contribution in [0.3, 0.4) is 0 Å². The molecule has 1 fully saturated rings. The summed E-state index contributed by atoms with van der Waals surface area (Å²) in [6.07, 6.45) is 1.44. The normalized spacial score (nSPS) is 15.7. The van der Waals surface area contributed by atoms with Crippen molar-refractivity contribution in [2.45, 2.75) is 19.4 Å². The highest BCUT2D eigenvalue weighted by Crippen LogP contribution is 2.21. The number of hydrogen-bond donors (Lipinski definition) is 2. The molecule has 8 nitrogen and oxygen atoms in total. The Kier molecular flexibility index (Phi) is 7.31. The third-order valence-corrected chi connectivity index (χ3v) is 6.46. The molecular weight excluding hydrogens is 462 g/mol. The molecule has 0 bridgehead atoms. The lowest BCUT2D eigenvalue weighted by molar-refractivity contribution is -0.126. The number of anilines is 1. The van der Waals surface area contributed by atoms with Crippen molar-refractivity contribution >= 4 is 46.3 Å². The summed E-state index contributed by atoms with van der Waals surface area (Å²) in [6, 6.07) is 16.3. The van der Waals surface area contributed by atoms with Crippen LogP contribution in [0.1, 0.15) is 38.0 Å². The number of nitrogens with one attached hydrogen (secondary N) is 2. The molecule has 170 valence electrons. The molecule has 0 radical (unpaired) electrons. The Morgan fingerprint density at radius 2 is 1.76 bits per heavy atom. The van der Waals surface area contributed by atoms with E-state index >= 15 is 0 Å². The molecule has 2 heterocycles. The van der Waals surface area contributed by atoms with Crippen molar-refractivity contribution < 1.29 is 14.4 Å². The van der Waals surface area contributed by atoms with Gasteiger partial charge in [-0.2, -0.15) is 0 Å². The van der Waals surface area contributed by atoms with Crippen molar-refractivity contribution in [2.24, 2.45) is 5.92 Å². The Balaban J connectivity index is 1.33. The summed E-state index contributed by atoms with van der Waals surface area (Å²) in [5.41, 5.74) is 1.58. The Bertz CT molecular complexity index is 1140. The van der Waals surface area contributed by atoms with Crippen molar-refractivity contribution in [3.63, 3.8) is 0 Å². The maximum atomic E-state index is 12.9. The van der Waals surface area contributed by atoms with Gasteiger partial charge >= 0.3 is 0 Å². The second-order valence-corrected chi connectivity index (χ2v) is 9.08. The first-order chi connectivity index (χ1) is 16.0. The largest absolute Gasteiger partial charge is 0.352 e. The van der Waals surface area contributed by atoms with Crippen LogP contribution >= 0.6 is 22.9 Å². The van der Waals surface area contributed by atoms with Crippen molar-refractivity contribution in [2.75, 3.05) is 18.4 Å². The number of carbonyl (C=O) groups is 3. The van der Waals surface area contributed by atoms with Gasteiger partial charge in [-0.15, -0.1) is 10.2 Å². The number of halogens is 1. The number of carbonyl (C=O) groups excluding carboxylic acids is 3. The molecule has 2 aromatic carbocycles. The molecule has 10 heteroatoms. The molecule has 0 spiro atoms. The second-order valence-electron chi connectivity index (χ2n) is 7.67. The zero-order valence-electron chi connectivity index (χ0n) is 17.7. The SMILES string of the molecule is O=C(Nc1ccc(Cl)cc1)c1nnc(C(=O)N2CCCC(C(=O)NCc3ccccc3)C2)s1. The van der Waals surface area contributed by atoms with Crippen molar-refractivity contribution in [3.05, 3.63) is 75.2 Å². The average molecular weight is 484 g/mol. The lowest BCUT2D eigenvalue weighted by Crippen LogP contribution is -2.45. The van der Waals surface area contributed by atoms with Crippen LogP contribution in [0.2, 0.25) is 5.02 Å². The van der Waals surface area contributed by atoms with Crippen LogP contribution in [0.4, 0.5) is 5.69 Å². The summed E-state index contributed by atoms with van der Waals surface area (Å²) in [7, 11) is 0. The Hall–Kier alpha value is -3.30. The van der Waals surface area contributed by atoms with Gasteiger partial charge in [0.05, 0.1) is 5.92 Å². The highest BCUT2D eigenvalue weighted by atomic mass is 35.5. The molecule has 1 atom stereocenters. The molecule has 3 amide bonds. The molecule has 1 unspecified atom stereocenters. The average Bonchev–Trinajstić information content (AvgIpc) is 3.35. The number of hydrogen-bond acceptors (Lipinski definition) is 6. The Labute approximate surface area is 200 Å². The summed E-state index contributed by atoms with van der Waals surface area (Å²) in [4.78, 5) is 39.6. The maximum Gasteiger partial charge on any atom is 0.286 e. The van der Waals surface area contributed by atoms with Gasteiger partial charge < -0.3 is 15.5 Å². The lowest BCUT2D eigenvalue weighted by Gasteiger charge is -2.31. The standard InChI is InChI=1S/C23H22ClN5O3S/c24-17-8-10-18(11-9-17)26-20(31)21-27-28-22(33-21)23(32)29-12-4-7-16(14-29)19(30)25-13-15-5-2-1-3-6-15/h1-3,5-6,8-11,16H,4,7,12-14H2,(H,25,30)(H,26,31). The van der Waals surface area contributed by atoms with E-state index < -0.39 is 5.91 Å². The highest BCUT2D eigenvalue weighted by molar-refractivity contribution is 7.15. The quantitative estimate of drug-likeness (QED) is 0.557. The number of amides is 3. The number of aromatic nitrogens is 2. The minimum atomic E-state index is -0.453. The van der Waals surface area contributed by atoms with Crippen LogP contribution in [-0.4, -0.2) is 45.9 Å². The minimum absolute atomic E-state index is 0.0725. The van der Waals surface area contributed by atoms with Crippen molar-refractivity contribution in [1.82, 2.24) is 20.4 Å². The van der Waals surface area contributed by atoms with Gasteiger partial charge in [-0.3, -0.25) is 14.4 Å². The monoisotopic (exact) mass is 483 g/mol. The topological polar surface area (TPSA) is 104 Å². The van der Waals surface area contributed by atoms with E-state index in [4.69, 9.17) is 11.6 Å². The number of likely N-dealkylation sites (tertiary alicyclic amines) is 1. The smallest absolute Gasteiger partial charge is 0.286 e. The van der Waals surface area contributed by atoms with Gasteiger partial charge in [0, 0.05) is 30.3 Å². The molecule has 4 rings (SSSR count). The van der Waals surface area contributed by atoms with E-state index in [-0.39, 0.29) is 27.7 Å². The van der Waals surface area contributed by atoms with Crippen LogP contribution in [0, 0.1) is 5.92 Å². The fourth-order valence-corrected chi connectivity index (χ4v) is 4.39. The van der Waals surface area contributed by atoms with Gasteiger partial charge in [0.25, 0.3) is 11.8 Å². The molecule has 1 aliphatic rings. The molecule has 1 aliphatic heterocycles. The summed E-state index contributed by atoms with van der Waals surface area (Å²) >= 11 is 6.78. The number of piperidine rings is 1. The summed E-state index contributed by atoms with van der Waals surface area (Å²) < 4.78 is 0. The van der Waals surface area contributed by atoms with E-state index in [1.807, 2.05) is 30.3 Å². The van der Waals surface area contributed by atoms with E-state index in [1.54, 1.807) is 29.2 Å². The Morgan fingerprint density at radius 3 is 2.52 bits per heavy atom. The van der Waals surface area contributed by atoms with E-state index in [0.29, 0.717) is 30.3 Å². The molecule has 1 aromatic heterocycles. The molecule has 0 saturated carbocycles. The van der Waals surface area contributed by atoms with E-state index in [1.165, 1.54) is 0 Å². The van der Waals surface area contributed by atoms with Gasteiger partial charge in [0.1, 0.15) is 0 Å². The van der Waals surface area contributed by atoms with Crippen molar-refractivity contribution in [3.8, 4) is 0 Å². The van der Waals surface area contributed by atoms with Gasteiger partial charge in [-0.05, 0) is 42.7 Å². The third kappa shape index (κ3) is 5.94. The molecular formula is C23H22ClN5O3S. The first-order valence-corrected chi connectivity index (χ1v) is 11.7. The van der Waals surface area contributed by atoms with E-state index in [2.05, 4.69) is 20.8 Å². The predicted octanol–water partition coefficient (Wildman–Crippen LogP) is 3.61. The van der Waals surface area contributed by atoms with Crippen LogP contribution in [0.15, 0.2) is 54.6 Å². The third-order valence-electron chi connectivity index (χ3n) is 5.29.